The van der Waals surface area contributed by atoms with Gasteiger partial charge in [-0.3, -0.25) is 19.8 Å². The summed E-state index contributed by atoms with van der Waals surface area (Å²) >= 11 is 5.18. The number of carbonyl (C=O) groups excluding carboxylic acids is 2. The molecule has 4 rings (SSSR count). The van der Waals surface area contributed by atoms with Crippen LogP contribution in [0, 0.1) is 6.92 Å². The van der Waals surface area contributed by atoms with Gasteiger partial charge in [-0.05, 0) is 66.8 Å². The molecule has 10 heteroatoms. The first-order valence-corrected chi connectivity index (χ1v) is 8.25. The number of tetrazole rings is 1. The number of nitrogens with one attached hydrogen (secondary N) is 2. The normalized spacial score (nSPS) is 16.1. The van der Waals surface area contributed by atoms with Crippen molar-refractivity contribution in [1.82, 2.24) is 25.9 Å². The Hall–Kier alpha value is -3.66. The van der Waals surface area contributed by atoms with Gasteiger partial charge in [-0.15, -0.1) is 10.2 Å². The lowest BCUT2D eigenvalue weighted by molar-refractivity contribution is -0.122. The average Bonchev–Trinajstić information content (AvgIpc) is 3.31. The molecule has 2 amide bonds. The van der Waals surface area contributed by atoms with Crippen LogP contribution >= 0.6 is 12.2 Å². The predicted molar refractivity (Wildman–Crippen MR) is 99.3 cm³/mol. The molecule has 2 aromatic heterocycles. The second-order valence-electron chi connectivity index (χ2n) is 5.69. The van der Waals surface area contributed by atoms with Gasteiger partial charge in [0.15, 0.2) is 5.11 Å². The highest BCUT2D eigenvalue weighted by atomic mass is 32.1. The molecule has 3 heterocycles. The number of aryl methyl sites for hydroxylation is 1. The minimum atomic E-state index is -0.571. The molecule has 1 fully saturated rings. The molecule has 1 aliphatic rings. The average molecular weight is 380 g/mol. The van der Waals surface area contributed by atoms with E-state index in [1.54, 1.807) is 43.3 Å². The lowest BCUT2D eigenvalue weighted by atomic mass is 10.1. The summed E-state index contributed by atoms with van der Waals surface area (Å²) in [5.74, 6) is 0.404. The third-order valence-electron chi connectivity index (χ3n) is 3.88. The van der Waals surface area contributed by atoms with E-state index in [0.29, 0.717) is 28.6 Å². The Kier molecular flexibility index (Phi) is 4.09. The fourth-order valence-corrected chi connectivity index (χ4v) is 2.89. The lowest BCUT2D eigenvalue weighted by Crippen LogP contribution is -2.54. The van der Waals surface area contributed by atoms with Crippen LogP contribution in [0.1, 0.15) is 11.5 Å². The summed E-state index contributed by atoms with van der Waals surface area (Å²) in [6.45, 7) is 1.78. The van der Waals surface area contributed by atoms with Crippen molar-refractivity contribution in [3.8, 4) is 11.4 Å². The first-order chi connectivity index (χ1) is 13.0. The van der Waals surface area contributed by atoms with Crippen molar-refractivity contribution in [2.75, 3.05) is 4.90 Å². The summed E-state index contributed by atoms with van der Waals surface area (Å²) in [4.78, 5) is 26.4. The number of hydrogen-bond donors (Lipinski definition) is 2. The van der Waals surface area contributed by atoms with Crippen LogP contribution in [0.5, 0.6) is 0 Å². The molecule has 27 heavy (non-hydrogen) atoms. The fourth-order valence-electron chi connectivity index (χ4n) is 2.61. The Labute approximate surface area is 158 Å². The van der Waals surface area contributed by atoms with Crippen LogP contribution in [-0.2, 0) is 9.59 Å². The molecule has 9 nitrogen and oxygen atoms in total. The molecule has 0 aliphatic carbocycles. The van der Waals surface area contributed by atoms with Crippen LogP contribution in [0.2, 0.25) is 0 Å². The van der Waals surface area contributed by atoms with Gasteiger partial charge in [0.05, 0.1) is 5.69 Å². The van der Waals surface area contributed by atoms with E-state index in [9.17, 15) is 9.59 Å². The Balaban J connectivity index is 1.67. The minimum absolute atomic E-state index is 0.00471. The molecule has 0 saturated carbocycles. The Morgan fingerprint density at radius 3 is 2.56 bits per heavy atom. The number of anilines is 1. The highest BCUT2D eigenvalue weighted by molar-refractivity contribution is 7.80. The third-order valence-corrected chi connectivity index (χ3v) is 4.16. The molecular weight excluding hydrogens is 368 g/mol. The Morgan fingerprint density at radius 2 is 1.93 bits per heavy atom. The number of benzene rings is 1. The highest BCUT2D eigenvalue weighted by Gasteiger charge is 2.34. The third kappa shape index (κ3) is 3.13. The lowest BCUT2D eigenvalue weighted by Gasteiger charge is -2.28. The van der Waals surface area contributed by atoms with Gasteiger partial charge in [-0.1, -0.05) is 0 Å². The smallest absolute Gasteiger partial charge is 0.270 e. The summed E-state index contributed by atoms with van der Waals surface area (Å²) in [6, 6.07) is 10.2. The number of furan rings is 1. The summed E-state index contributed by atoms with van der Waals surface area (Å²) in [6.07, 6.45) is 1.40. The van der Waals surface area contributed by atoms with Gasteiger partial charge in [0.2, 0.25) is 5.82 Å². The maximum atomic E-state index is 12.9. The highest BCUT2D eigenvalue weighted by Crippen LogP contribution is 2.24. The van der Waals surface area contributed by atoms with Crippen LogP contribution in [0.25, 0.3) is 17.5 Å². The van der Waals surface area contributed by atoms with Crippen molar-refractivity contribution in [3.63, 3.8) is 0 Å². The van der Waals surface area contributed by atoms with Gasteiger partial charge in [-0.2, -0.15) is 5.21 Å². The zero-order chi connectivity index (χ0) is 19.0. The Morgan fingerprint density at radius 1 is 1.15 bits per heavy atom. The van der Waals surface area contributed by atoms with E-state index in [0.717, 1.165) is 0 Å². The van der Waals surface area contributed by atoms with Crippen LogP contribution < -0.4 is 10.2 Å². The van der Waals surface area contributed by atoms with E-state index < -0.39 is 11.8 Å². The molecule has 0 atom stereocenters. The van der Waals surface area contributed by atoms with Gasteiger partial charge < -0.3 is 4.42 Å². The van der Waals surface area contributed by atoms with E-state index in [1.165, 1.54) is 11.0 Å². The first-order valence-electron chi connectivity index (χ1n) is 7.85. The summed E-state index contributed by atoms with van der Waals surface area (Å²) in [5, 5.41) is 16.2. The van der Waals surface area contributed by atoms with Crippen molar-refractivity contribution in [2.24, 2.45) is 0 Å². The number of hydrogen-bond acceptors (Lipinski definition) is 7. The SMILES string of the molecule is Cc1ccc(/C=C2\C(=O)NC(=S)N(c3ccc(-c4nn[nH]n4)cc3)C2=O)o1. The van der Waals surface area contributed by atoms with Crippen molar-refractivity contribution >= 4 is 40.9 Å². The van der Waals surface area contributed by atoms with Crippen molar-refractivity contribution in [3.05, 3.63) is 53.5 Å². The molecule has 1 aliphatic heterocycles. The molecule has 0 unspecified atom stereocenters. The number of H-pyrrole nitrogens is 1. The molecular formula is C17H12N6O3S. The molecule has 0 radical (unpaired) electrons. The number of aromatic nitrogens is 4. The van der Waals surface area contributed by atoms with E-state index in [2.05, 4.69) is 25.9 Å². The number of nitrogens with zero attached hydrogens (tertiary/aromatic N) is 4. The maximum Gasteiger partial charge on any atom is 0.270 e. The standard InChI is InChI=1S/C17H12N6O3S/c1-9-2-7-12(26-9)8-13-15(24)18-17(27)23(16(13)25)11-5-3-10(4-6-11)14-19-21-22-20-14/h2-8H,1H3,(H,18,24,27)(H,19,20,21,22)/b13-8+. The van der Waals surface area contributed by atoms with Crippen molar-refractivity contribution in [1.29, 1.82) is 0 Å². The van der Waals surface area contributed by atoms with Crippen molar-refractivity contribution < 1.29 is 14.0 Å². The minimum Gasteiger partial charge on any atom is -0.462 e. The summed E-state index contributed by atoms with van der Waals surface area (Å²) < 4.78 is 5.43. The van der Waals surface area contributed by atoms with Crippen LogP contribution in [0.15, 0.2) is 46.4 Å². The second kappa shape index (κ2) is 6.57. The largest absolute Gasteiger partial charge is 0.462 e. The second-order valence-corrected chi connectivity index (χ2v) is 6.08. The predicted octanol–water partition coefficient (Wildman–Crippen LogP) is 1.60. The molecule has 3 aromatic rings. The van der Waals surface area contributed by atoms with Gasteiger partial charge >= 0.3 is 0 Å². The van der Waals surface area contributed by atoms with Crippen LogP contribution in [-0.4, -0.2) is 37.6 Å². The fraction of sp³-hybridized carbons (Fsp3) is 0.0588. The monoisotopic (exact) mass is 380 g/mol. The number of thiocarbonyl (C=S) groups is 1. The molecule has 0 bridgehead atoms. The number of rotatable bonds is 3. The number of amides is 2. The number of carbonyl (C=O) groups is 2. The van der Waals surface area contributed by atoms with Crippen LogP contribution in [0.3, 0.4) is 0 Å². The molecule has 1 aromatic carbocycles. The summed E-state index contributed by atoms with van der Waals surface area (Å²) in [7, 11) is 0. The van der Waals surface area contributed by atoms with Gasteiger partial charge in [0.25, 0.3) is 11.8 Å². The zero-order valence-corrected chi connectivity index (χ0v) is 14.8. The quantitative estimate of drug-likeness (QED) is 0.403. The van der Waals surface area contributed by atoms with Crippen molar-refractivity contribution in [2.45, 2.75) is 6.92 Å². The van der Waals surface area contributed by atoms with E-state index in [1.807, 2.05) is 0 Å². The van der Waals surface area contributed by atoms with Gasteiger partial charge in [0.1, 0.15) is 17.1 Å². The number of aromatic amines is 1. The van der Waals surface area contributed by atoms with E-state index in [-0.39, 0.29) is 10.7 Å². The summed E-state index contributed by atoms with van der Waals surface area (Å²) in [5.41, 5.74) is 1.15. The molecule has 0 spiro atoms. The zero-order valence-electron chi connectivity index (χ0n) is 14.0. The van der Waals surface area contributed by atoms with E-state index in [4.69, 9.17) is 16.6 Å². The van der Waals surface area contributed by atoms with Crippen LogP contribution in [0.4, 0.5) is 5.69 Å². The van der Waals surface area contributed by atoms with E-state index >= 15 is 0 Å². The molecule has 2 N–H and O–H groups in total. The first kappa shape index (κ1) is 16.8. The Bertz CT molecular complexity index is 1070. The van der Waals surface area contributed by atoms with Gasteiger partial charge in [0, 0.05) is 5.56 Å². The molecule has 1 saturated heterocycles. The van der Waals surface area contributed by atoms with Gasteiger partial charge in [-0.25, -0.2) is 0 Å². The maximum absolute atomic E-state index is 12.9. The topological polar surface area (TPSA) is 117 Å². The molecule has 134 valence electrons.